The molecule has 0 aromatic heterocycles. The Morgan fingerprint density at radius 3 is 0.846 bits per heavy atom. The maximum absolute atomic E-state index is 12.8. The van der Waals surface area contributed by atoms with Gasteiger partial charge in [-0.3, -0.25) is 18.6 Å². The van der Waals surface area contributed by atoms with Gasteiger partial charge in [-0.2, -0.15) is 0 Å². The van der Waals surface area contributed by atoms with Crippen LogP contribution < -0.4 is 5.73 Å². The molecule has 0 heterocycles. The molecule has 11 heteroatoms. The van der Waals surface area contributed by atoms with Crippen LogP contribution in [0.5, 0.6) is 0 Å². The molecule has 0 saturated heterocycles. The highest BCUT2D eigenvalue weighted by atomic mass is 31.2. The Labute approximate surface area is 484 Å². The number of hydrogen-bond donors (Lipinski definition) is 3. The van der Waals surface area contributed by atoms with Crippen molar-refractivity contribution < 1.29 is 42.7 Å². The fourth-order valence-electron chi connectivity index (χ4n) is 10.8. The van der Waals surface area contributed by atoms with Gasteiger partial charge in [0.1, 0.15) is 12.1 Å². The lowest BCUT2D eigenvalue weighted by Gasteiger charge is -2.20. The Balaban J connectivity index is 3.83. The molecule has 0 saturated carbocycles. The summed E-state index contributed by atoms with van der Waals surface area (Å²) in [6.45, 7) is 3.99. The molecule has 3 atom stereocenters. The molecule has 0 radical (unpaired) electrons. The zero-order valence-electron chi connectivity index (χ0n) is 52.1. The van der Waals surface area contributed by atoms with Crippen LogP contribution >= 0.6 is 7.82 Å². The van der Waals surface area contributed by atoms with Crippen LogP contribution in [0.2, 0.25) is 0 Å². The van der Waals surface area contributed by atoms with E-state index < -0.39 is 45.1 Å². The van der Waals surface area contributed by atoms with Gasteiger partial charge in [-0.15, -0.1) is 0 Å². The largest absolute Gasteiger partial charge is 0.480 e. The average molecular weight is 1130 g/mol. The summed E-state index contributed by atoms with van der Waals surface area (Å²) in [6.07, 6.45) is 75.1. The number of hydrogen-bond acceptors (Lipinski definition) is 8. The Bertz CT molecular complexity index is 1260. The third kappa shape index (κ3) is 62.6. The first-order chi connectivity index (χ1) is 38.2. The van der Waals surface area contributed by atoms with Crippen molar-refractivity contribution in [3.63, 3.8) is 0 Å². The van der Waals surface area contributed by atoms with Gasteiger partial charge in [-0.05, 0) is 12.8 Å². The number of rotatable bonds is 68. The number of carboxylic acid groups (broad SMARTS) is 1. The molecule has 1 unspecified atom stereocenters. The van der Waals surface area contributed by atoms with Crippen molar-refractivity contribution in [2.24, 2.45) is 5.73 Å². The number of carbonyl (C=O) groups is 2. The number of carboxylic acids is 1. The van der Waals surface area contributed by atoms with E-state index in [-0.39, 0.29) is 13.0 Å². The first kappa shape index (κ1) is 77.0. The highest BCUT2D eigenvalue weighted by molar-refractivity contribution is 7.47. The molecule has 0 aliphatic rings. The fourth-order valence-corrected chi connectivity index (χ4v) is 11.6. The normalized spacial score (nSPS) is 13.3. The standard InChI is InChI=1S/C67H134NO9P/c1-3-5-7-9-11-13-15-17-19-21-23-25-26-27-28-29-30-31-32-33-34-35-36-37-38-39-40-41-43-45-47-49-51-53-55-57-59-66(69)77-64(62-75-78(72,73)76-63-65(68)67(70)71)61-74-60-58-56-54-52-50-48-46-44-42-24-22-20-18-16-14-12-10-8-6-4-2/h64-65H,3-63,68H2,1-2H3,(H,70,71)(H,72,73)/t64-,65+/m1/s1. The SMILES string of the molecule is CCCCCCCCCCCCCCCCCCCCCCCCCCCCCCCCCCCCCCC(=O)O[C@H](COCCCCCCCCCCCCCCCCCCCCCC)COP(=O)(O)OC[C@H](N)C(=O)O. The zero-order valence-corrected chi connectivity index (χ0v) is 53.0. The van der Waals surface area contributed by atoms with Gasteiger partial charge in [0.05, 0.1) is 19.8 Å². The minimum atomic E-state index is -4.62. The molecule has 0 rings (SSSR count). The molecule has 0 amide bonds. The Morgan fingerprint density at radius 1 is 0.359 bits per heavy atom. The van der Waals surface area contributed by atoms with E-state index in [0.717, 1.165) is 38.5 Å². The molecule has 466 valence electrons. The van der Waals surface area contributed by atoms with Crippen LogP contribution in [0.15, 0.2) is 0 Å². The van der Waals surface area contributed by atoms with Gasteiger partial charge in [0.25, 0.3) is 0 Å². The van der Waals surface area contributed by atoms with Gasteiger partial charge in [0.2, 0.25) is 0 Å². The number of ether oxygens (including phenoxy) is 2. The smallest absolute Gasteiger partial charge is 0.472 e. The molecular formula is C67H134NO9P. The third-order valence-electron chi connectivity index (χ3n) is 16.1. The number of aliphatic carboxylic acids is 1. The predicted octanol–water partition coefficient (Wildman–Crippen LogP) is 21.7. The van der Waals surface area contributed by atoms with E-state index in [9.17, 15) is 19.0 Å². The lowest BCUT2D eigenvalue weighted by molar-refractivity contribution is -0.154. The van der Waals surface area contributed by atoms with Gasteiger partial charge < -0.3 is 25.2 Å². The molecule has 4 N–H and O–H groups in total. The second-order valence-corrected chi connectivity index (χ2v) is 25.5. The summed E-state index contributed by atoms with van der Waals surface area (Å²) in [6, 6.07) is -1.47. The van der Waals surface area contributed by atoms with E-state index in [1.54, 1.807) is 0 Å². The number of esters is 1. The summed E-state index contributed by atoms with van der Waals surface area (Å²) < 4.78 is 33.7. The second kappa shape index (κ2) is 63.5. The molecule has 0 aliphatic carbocycles. The summed E-state index contributed by atoms with van der Waals surface area (Å²) in [5, 5.41) is 8.98. The predicted molar refractivity (Wildman–Crippen MR) is 333 cm³/mol. The lowest BCUT2D eigenvalue weighted by atomic mass is 10.0. The number of phosphoric ester groups is 1. The van der Waals surface area contributed by atoms with Crippen LogP contribution in [0.4, 0.5) is 0 Å². The van der Waals surface area contributed by atoms with E-state index in [0.29, 0.717) is 6.61 Å². The van der Waals surface area contributed by atoms with Crippen molar-refractivity contribution in [3.05, 3.63) is 0 Å². The van der Waals surface area contributed by atoms with Crippen molar-refractivity contribution in [1.29, 1.82) is 0 Å². The Kier molecular flexibility index (Phi) is 62.7. The van der Waals surface area contributed by atoms with Crippen molar-refractivity contribution in [3.8, 4) is 0 Å². The number of unbranched alkanes of at least 4 members (excludes halogenated alkanes) is 54. The van der Waals surface area contributed by atoms with Crippen LogP contribution in [0.25, 0.3) is 0 Å². The second-order valence-electron chi connectivity index (χ2n) is 24.0. The highest BCUT2D eigenvalue weighted by Gasteiger charge is 2.27. The number of carbonyl (C=O) groups excluding carboxylic acids is 1. The van der Waals surface area contributed by atoms with Crippen molar-refractivity contribution in [2.75, 3.05) is 26.4 Å². The molecule has 0 bridgehead atoms. The molecular weight excluding hydrogens is 994 g/mol. The summed E-state index contributed by atoms with van der Waals surface area (Å²) in [4.78, 5) is 33.9. The topological polar surface area (TPSA) is 155 Å². The third-order valence-corrected chi connectivity index (χ3v) is 17.1. The van der Waals surface area contributed by atoms with E-state index >= 15 is 0 Å². The quantitative estimate of drug-likeness (QED) is 0.0305. The van der Waals surface area contributed by atoms with E-state index in [1.165, 1.54) is 321 Å². The lowest BCUT2D eigenvalue weighted by Crippen LogP contribution is -2.34. The van der Waals surface area contributed by atoms with Gasteiger partial charge >= 0.3 is 19.8 Å². The minimum absolute atomic E-state index is 0.0270. The monoisotopic (exact) mass is 1130 g/mol. The summed E-state index contributed by atoms with van der Waals surface area (Å²) >= 11 is 0. The summed E-state index contributed by atoms with van der Waals surface area (Å²) in [5.74, 6) is -1.75. The Hall–Kier alpha value is -1.03. The minimum Gasteiger partial charge on any atom is -0.480 e. The molecule has 0 aliphatic heterocycles. The number of phosphoric acid groups is 1. The van der Waals surface area contributed by atoms with Crippen molar-refractivity contribution in [2.45, 2.75) is 392 Å². The van der Waals surface area contributed by atoms with Gasteiger partial charge in [0.15, 0.2) is 0 Å². The molecule has 0 fully saturated rings. The fraction of sp³-hybridized carbons (Fsp3) is 0.970. The van der Waals surface area contributed by atoms with Crippen LogP contribution in [-0.4, -0.2) is 60.5 Å². The molecule has 0 aromatic carbocycles. The first-order valence-electron chi connectivity index (χ1n) is 34.6. The molecule has 0 aromatic rings. The van der Waals surface area contributed by atoms with E-state index in [4.69, 9.17) is 29.4 Å². The maximum Gasteiger partial charge on any atom is 0.472 e. The van der Waals surface area contributed by atoms with E-state index in [2.05, 4.69) is 13.8 Å². The van der Waals surface area contributed by atoms with Crippen LogP contribution in [-0.2, 0) is 32.7 Å². The van der Waals surface area contributed by atoms with Crippen LogP contribution in [0.3, 0.4) is 0 Å². The molecule has 10 nitrogen and oxygen atoms in total. The van der Waals surface area contributed by atoms with Crippen molar-refractivity contribution in [1.82, 2.24) is 0 Å². The summed E-state index contributed by atoms with van der Waals surface area (Å²) in [5.41, 5.74) is 5.41. The highest BCUT2D eigenvalue weighted by Crippen LogP contribution is 2.43. The van der Waals surface area contributed by atoms with Crippen LogP contribution in [0, 0.1) is 0 Å². The number of nitrogens with two attached hydrogens (primary N) is 1. The Morgan fingerprint density at radius 2 is 0.590 bits per heavy atom. The first-order valence-corrected chi connectivity index (χ1v) is 36.1. The van der Waals surface area contributed by atoms with Gasteiger partial charge in [-0.25, -0.2) is 4.57 Å². The zero-order chi connectivity index (χ0) is 56.8. The van der Waals surface area contributed by atoms with Crippen LogP contribution in [0.1, 0.15) is 380 Å². The molecule has 0 spiro atoms. The van der Waals surface area contributed by atoms with Gasteiger partial charge in [0, 0.05) is 13.0 Å². The van der Waals surface area contributed by atoms with Gasteiger partial charge in [-0.1, -0.05) is 361 Å². The summed E-state index contributed by atoms with van der Waals surface area (Å²) in [7, 11) is -4.62. The maximum atomic E-state index is 12.8. The van der Waals surface area contributed by atoms with E-state index in [1.807, 2.05) is 0 Å². The average Bonchev–Trinajstić information content (AvgIpc) is 3.42. The molecule has 78 heavy (non-hydrogen) atoms. The van der Waals surface area contributed by atoms with Crippen molar-refractivity contribution >= 4 is 19.8 Å².